The van der Waals surface area contributed by atoms with Crippen molar-refractivity contribution in [3.8, 4) is 0 Å². The Morgan fingerprint density at radius 2 is 1.87 bits per heavy atom. The van der Waals surface area contributed by atoms with Crippen molar-refractivity contribution in [1.29, 1.82) is 0 Å². The van der Waals surface area contributed by atoms with Gasteiger partial charge in [0.05, 0.1) is 4.92 Å². The first-order chi connectivity index (χ1) is 10.7. The Labute approximate surface area is 131 Å². The van der Waals surface area contributed by atoms with Crippen LogP contribution in [0.2, 0.25) is 0 Å². The normalized spacial score (nSPS) is 11.0. The molecule has 120 valence electrons. The summed E-state index contributed by atoms with van der Waals surface area (Å²) in [6.07, 6.45) is 0. The number of nitrogens with zero attached hydrogens (tertiary/aromatic N) is 3. The number of pyridine rings is 1. The third-order valence-electron chi connectivity index (χ3n) is 2.98. The summed E-state index contributed by atoms with van der Waals surface area (Å²) in [4.78, 5) is 24.3. The molecule has 0 bridgehead atoms. The first-order valence-electron chi connectivity index (χ1n) is 6.18. The lowest BCUT2D eigenvalue weighted by Gasteiger charge is -2.18. The van der Waals surface area contributed by atoms with E-state index in [0.29, 0.717) is 4.31 Å². The topological polar surface area (TPSA) is 131 Å². The van der Waals surface area contributed by atoms with E-state index in [1.54, 1.807) is 0 Å². The number of benzene rings is 1. The van der Waals surface area contributed by atoms with Crippen LogP contribution in [0.4, 0.5) is 11.5 Å². The van der Waals surface area contributed by atoms with Gasteiger partial charge in [-0.25, -0.2) is 18.2 Å². The van der Waals surface area contributed by atoms with Gasteiger partial charge < -0.3 is 5.11 Å². The number of carboxylic acid groups (broad SMARTS) is 1. The summed E-state index contributed by atoms with van der Waals surface area (Å²) in [5.74, 6) is -1.48. The molecule has 0 unspecified atom stereocenters. The molecule has 1 aromatic carbocycles. The molecule has 0 aliphatic carbocycles. The molecule has 0 radical (unpaired) electrons. The van der Waals surface area contributed by atoms with Crippen molar-refractivity contribution < 1.29 is 23.2 Å². The Balaban J connectivity index is 2.54. The average molecular weight is 337 g/mol. The average Bonchev–Trinajstić information content (AvgIpc) is 2.54. The molecule has 0 atom stereocenters. The van der Waals surface area contributed by atoms with Crippen molar-refractivity contribution in [3.63, 3.8) is 0 Å². The molecule has 9 nitrogen and oxygen atoms in total. The highest BCUT2D eigenvalue weighted by Gasteiger charge is 2.30. The first-order valence-corrected chi connectivity index (χ1v) is 7.62. The standard InChI is InChI=1S/C13H11N3O6S/c1-15(12-8-4-5-9(14-12)13(17)18)23(21,22)11-7-3-2-6-10(11)16(19)20/h2-8H,1H3,(H,17,18). The van der Waals surface area contributed by atoms with Gasteiger partial charge in [-0.05, 0) is 18.2 Å². The van der Waals surface area contributed by atoms with Crippen LogP contribution in [-0.4, -0.2) is 36.4 Å². The molecule has 2 rings (SSSR count). The molecular weight excluding hydrogens is 326 g/mol. The number of rotatable bonds is 5. The van der Waals surface area contributed by atoms with Crippen LogP contribution in [-0.2, 0) is 10.0 Å². The second-order valence-electron chi connectivity index (χ2n) is 4.38. The molecule has 0 fully saturated rings. The zero-order valence-corrected chi connectivity index (χ0v) is 12.6. The van der Waals surface area contributed by atoms with Gasteiger partial charge in [0, 0.05) is 13.1 Å². The lowest BCUT2D eigenvalue weighted by atomic mass is 10.3. The maximum Gasteiger partial charge on any atom is 0.354 e. The van der Waals surface area contributed by atoms with E-state index in [2.05, 4.69) is 4.98 Å². The quantitative estimate of drug-likeness (QED) is 0.646. The van der Waals surface area contributed by atoms with E-state index in [-0.39, 0.29) is 11.5 Å². The van der Waals surface area contributed by atoms with Crippen LogP contribution in [0.25, 0.3) is 0 Å². The van der Waals surface area contributed by atoms with Crippen molar-refractivity contribution in [3.05, 3.63) is 58.3 Å². The van der Waals surface area contributed by atoms with Crippen molar-refractivity contribution in [1.82, 2.24) is 4.98 Å². The molecule has 0 spiro atoms. The van der Waals surface area contributed by atoms with Crippen LogP contribution in [0.1, 0.15) is 10.5 Å². The van der Waals surface area contributed by atoms with Gasteiger partial charge in [-0.2, -0.15) is 0 Å². The number of nitro benzene ring substituents is 1. The van der Waals surface area contributed by atoms with Crippen LogP contribution in [0.15, 0.2) is 47.4 Å². The number of aromatic nitrogens is 1. The fraction of sp³-hybridized carbons (Fsp3) is 0.0769. The van der Waals surface area contributed by atoms with Gasteiger partial charge in [0.25, 0.3) is 15.7 Å². The number of sulfonamides is 1. The van der Waals surface area contributed by atoms with Crippen LogP contribution < -0.4 is 4.31 Å². The molecule has 10 heteroatoms. The highest BCUT2D eigenvalue weighted by molar-refractivity contribution is 7.93. The van der Waals surface area contributed by atoms with Gasteiger partial charge in [0.1, 0.15) is 5.82 Å². The molecule has 0 aliphatic heterocycles. The van der Waals surface area contributed by atoms with E-state index in [9.17, 15) is 23.3 Å². The molecular formula is C13H11N3O6S. The SMILES string of the molecule is CN(c1cccc(C(=O)O)n1)S(=O)(=O)c1ccccc1[N+](=O)[O-]. The zero-order chi connectivity index (χ0) is 17.2. The smallest absolute Gasteiger partial charge is 0.354 e. The van der Waals surface area contributed by atoms with E-state index in [1.165, 1.54) is 30.3 Å². The molecule has 2 aromatic rings. The van der Waals surface area contributed by atoms with Crippen LogP contribution in [0.3, 0.4) is 0 Å². The van der Waals surface area contributed by atoms with Crippen molar-refractivity contribution in [2.45, 2.75) is 4.90 Å². The van der Waals surface area contributed by atoms with E-state index < -0.39 is 31.5 Å². The number of carbonyl (C=O) groups is 1. The predicted octanol–water partition coefficient (Wildman–Crippen LogP) is 1.51. The Kier molecular flexibility index (Phi) is 4.27. The number of hydrogen-bond donors (Lipinski definition) is 1. The van der Waals surface area contributed by atoms with Gasteiger partial charge in [0.2, 0.25) is 0 Å². The Bertz CT molecular complexity index is 881. The molecule has 1 N–H and O–H groups in total. The Morgan fingerprint density at radius 3 is 2.48 bits per heavy atom. The molecule has 23 heavy (non-hydrogen) atoms. The fourth-order valence-corrected chi connectivity index (χ4v) is 3.11. The Hall–Kier alpha value is -3.01. The molecule has 0 amide bonds. The molecule has 0 saturated heterocycles. The van der Waals surface area contributed by atoms with Crippen molar-refractivity contribution in [2.75, 3.05) is 11.4 Å². The van der Waals surface area contributed by atoms with Crippen molar-refractivity contribution in [2.24, 2.45) is 0 Å². The van der Waals surface area contributed by atoms with Gasteiger partial charge >= 0.3 is 5.97 Å². The summed E-state index contributed by atoms with van der Waals surface area (Å²) in [6.45, 7) is 0. The van der Waals surface area contributed by atoms with Crippen molar-refractivity contribution >= 4 is 27.5 Å². The second-order valence-corrected chi connectivity index (χ2v) is 6.32. The maximum atomic E-state index is 12.6. The summed E-state index contributed by atoms with van der Waals surface area (Å²) in [6, 6.07) is 8.70. The minimum absolute atomic E-state index is 0.164. The van der Waals surface area contributed by atoms with Gasteiger partial charge in [-0.1, -0.05) is 18.2 Å². The molecule has 1 heterocycles. The number of anilines is 1. The highest BCUT2D eigenvalue weighted by atomic mass is 32.2. The van der Waals surface area contributed by atoms with Crippen LogP contribution in [0, 0.1) is 10.1 Å². The van der Waals surface area contributed by atoms with Gasteiger partial charge in [-0.3, -0.25) is 14.4 Å². The number of carboxylic acids is 1. The minimum Gasteiger partial charge on any atom is -0.477 e. The molecule has 0 saturated carbocycles. The largest absolute Gasteiger partial charge is 0.477 e. The van der Waals surface area contributed by atoms with Gasteiger partial charge in [0.15, 0.2) is 10.6 Å². The lowest BCUT2D eigenvalue weighted by Crippen LogP contribution is -2.28. The van der Waals surface area contributed by atoms with E-state index in [1.807, 2.05) is 0 Å². The first kappa shape index (κ1) is 16.4. The number of nitro groups is 1. The van der Waals surface area contributed by atoms with E-state index >= 15 is 0 Å². The summed E-state index contributed by atoms with van der Waals surface area (Å²) in [5, 5.41) is 19.9. The maximum absolute atomic E-state index is 12.6. The van der Waals surface area contributed by atoms with E-state index in [0.717, 1.165) is 19.2 Å². The third-order valence-corrected chi connectivity index (χ3v) is 4.79. The second kappa shape index (κ2) is 6.01. The fourth-order valence-electron chi connectivity index (χ4n) is 1.81. The van der Waals surface area contributed by atoms with E-state index in [4.69, 9.17) is 5.11 Å². The minimum atomic E-state index is -4.27. The summed E-state index contributed by atoms with van der Waals surface area (Å²) >= 11 is 0. The Morgan fingerprint density at radius 1 is 1.22 bits per heavy atom. The lowest BCUT2D eigenvalue weighted by molar-refractivity contribution is -0.387. The molecule has 0 aliphatic rings. The highest BCUT2D eigenvalue weighted by Crippen LogP contribution is 2.27. The van der Waals surface area contributed by atoms with Crippen LogP contribution >= 0.6 is 0 Å². The summed E-state index contributed by atoms with van der Waals surface area (Å²) in [7, 11) is -3.14. The number of hydrogen-bond acceptors (Lipinski definition) is 6. The summed E-state index contributed by atoms with van der Waals surface area (Å²) < 4.78 is 25.8. The molecule has 1 aromatic heterocycles. The van der Waals surface area contributed by atoms with Crippen LogP contribution in [0.5, 0.6) is 0 Å². The number of para-hydroxylation sites is 1. The monoisotopic (exact) mass is 337 g/mol. The summed E-state index contributed by atoms with van der Waals surface area (Å²) in [5.41, 5.74) is -0.916. The van der Waals surface area contributed by atoms with Gasteiger partial charge in [-0.15, -0.1) is 0 Å². The zero-order valence-electron chi connectivity index (χ0n) is 11.8. The third kappa shape index (κ3) is 3.11. The predicted molar refractivity (Wildman–Crippen MR) is 79.9 cm³/mol. The number of aromatic carboxylic acids is 1.